The Bertz CT molecular complexity index is 159. The Morgan fingerprint density at radius 3 is 2.12 bits per heavy atom. The summed E-state index contributed by atoms with van der Waals surface area (Å²) in [6, 6.07) is 0. The van der Waals surface area contributed by atoms with Gasteiger partial charge in [0.2, 0.25) is 10.0 Å². The maximum absolute atomic E-state index is 10.1. The van der Waals surface area contributed by atoms with Crippen molar-refractivity contribution in [3.63, 3.8) is 0 Å². The minimum atomic E-state index is -3.22. The molecule has 47 valence electrons. The minimum Gasteiger partial charge on any atom is -0.302 e. The molecule has 1 N–H and O–H groups in total. The molecule has 0 aromatic heterocycles. The van der Waals surface area contributed by atoms with Crippen molar-refractivity contribution in [2.45, 2.75) is 0 Å². The number of hydrogen-bond donors (Lipinski definition) is 1. The predicted molar refractivity (Wildman–Crippen MR) is 28.3 cm³/mol. The van der Waals surface area contributed by atoms with Gasteiger partial charge in [0.15, 0.2) is 0 Å². The van der Waals surface area contributed by atoms with Crippen molar-refractivity contribution in [1.29, 1.82) is 0 Å². The summed E-state index contributed by atoms with van der Waals surface area (Å²) in [7, 11) is -3.22. The lowest BCUT2D eigenvalue weighted by Crippen LogP contribution is -2.19. The summed E-state index contributed by atoms with van der Waals surface area (Å²) in [5, 5.41) is 0. The summed E-state index contributed by atoms with van der Waals surface area (Å²) in [6.45, 7) is 0.815. The first-order chi connectivity index (χ1) is 3.56. The van der Waals surface area contributed by atoms with Gasteiger partial charge in [-0.3, -0.25) is 0 Å². The van der Waals surface area contributed by atoms with Crippen LogP contribution in [0.5, 0.6) is 0 Å². The number of nitrogens with one attached hydrogen (secondary N) is 1. The smallest absolute Gasteiger partial charge is 0.209 e. The quantitative estimate of drug-likeness (QED) is 0.501. The van der Waals surface area contributed by atoms with Crippen LogP contribution in [-0.2, 0) is 14.8 Å². The largest absolute Gasteiger partial charge is 0.302 e. The van der Waals surface area contributed by atoms with Gasteiger partial charge >= 0.3 is 0 Å². The highest BCUT2D eigenvalue weighted by Gasteiger charge is 1.95. The molecular formula is C3H6NO3S. The summed E-state index contributed by atoms with van der Waals surface area (Å²) in [4.78, 5) is 9.47. The highest BCUT2D eigenvalue weighted by Crippen LogP contribution is 1.71. The molecule has 0 fully saturated rings. The van der Waals surface area contributed by atoms with Gasteiger partial charge < -0.3 is 4.79 Å². The molecule has 0 spiro atoms. The first-order valence-corrected chi connectivity index (χ1v) is 3.69. The Kier molecular flexibility index (Phi) is 2.64. The first kappa shape index (κ1) is 7.58. The zero-order valence-electron chi connectivity index (χ0n) is 4.29. The number of rotatable bonds is 3. The molecule has 0 saturated heterocycles. The van der Waals surface area contributed by atoms with Gasteiger partial charge in [-0.05, 0) is 0 Å². The third-order valence-corrected chi connectivity index (χ3v) is 0.914. The van der Waals surface area contributed by atoms with Crippen LogP contribution in [0, 0.1) is 6.54 Å². The average Bonchev–Trinajstić information content (AvgIpc) is 1.59. The fraction of sp³-hybridized carbons (Fsp3) is 0.333. The minimum absolute atomic E-state index is 0.362. The number of carbonyl (C=O) groups is 1. The second-order valence-electron chi connectivity index (χ2n) is 1.19. The van der Waals surface area contributed by atoms with E-state index in [-0.39, 0.29) is 0 Å². The average molecular weight is 136 g/mol. The molecule has 8 heavy (non-hydrogen) atoms. The van der Waals surface area contributed by atoms with E-state index in [1.54, 1.807) is 0 Å². The van der Waals surface area contributed by atoms with Crippen molar-refractivity contribution in [1.82, 2.24) is 4.72 Å². The Morgan fingerprint density at radius 1 is 1.50 bits per heavy atom. The fourth-order valence-corrected chi connectivity index (χ4v) is 0.454. The van der Waals surface area contributed by atoms with Crippen molar-refractivity contribution >= 4 is 16.3 Å². The van der Waals surface area contributed by atoms with E-state index >= 15 is 0 Å². The number of carbonyl (C=O) groups excluding carboxylic acids is 1. The van der Waals surface area contributed by atoms with Crippen LogP contribution in [0.4, 0.5) is 0 Å². The second-order valence-corrected chi connectivity index (χ2v) is 2.97. The molecule has 4 nitrogen and oxygen atoms in total. The lowest BCUT2D eigenvalue weighted by molar-refractivity contribution is -0.105. The van der Waals surface area contributed by atoms with E-state index in [0.29, 0.717) is 6.29 Å². The van der Waals surface area contributed by atoms with Gasteiger partial charge in [0.05, 0.1) is 6.26 Å². The van der Waals surface area contributed by atoms with Crippen molar-refractivity contribution < 1.29 is 13.2 Å². The van der Waals surface area contributed by atoms with Crippen LogP contribution in [0.1, 0.15) is 0 Å². The zero-order valence-corrected chi connectivity index (χ0v) is 5.10. The summed E-state index contributed by atoms with van der Waals surface area (Å²) < 4.78 is 22.0. The van der Waals surface area contributed by atoms with Crippen molar-refractivity contribution in [2.24, 2.45) is 0 Å². The summed E-state index contributed by atoms with van der Waals surface area (Å²) in [5.41, 5.74) is 0. The van der Waals surface area contributed by atoms with E-state index in [9.17, 15) is 13.2 Å². The highest BCUT2D eigenvalue weighted by molar-refractivity contribution is 7.88. The lowest BCUT2D eigenvalue weighted by Gasteiger charge is -1.90. The number of sulfonamides is 1. The highest BCUT2D eigenvalue weighted by atomic mass is 32.2. The third-order valence-electron chi connectivity index (χ3n) is 0.350. The molecule has 0 rings (SSSR count). The van der Waals surface area contributed by atoms with Crippen LogP contribution in [0.15, 0.2) is 0 Å². The Labute approximate surface area is 47.9 Å². The molecule has 0 amide bonds. The van der Waals surface area contributed by atoms with Gasteiger partial charge in [0.1, 0.15) is 12.8 Å². The molecular weight excluding hydrogens is 130 g/mol. The Hall–Kier alpha value is -0.420. The number of aldehydes is 1. The molecule has 0 atom stereocenters. The summed E-state index contributed by atoms with van der Waals surface area (Å²) >= 11 is 0. The zero-order chi connectivity index (χ0) is 6.62. The molecule has 1 radical (unpaired) electrons. The maximum atomic E-state index is 10.1. The van der Waals surface area contributed by atoms with Crippen molar-refractivity contribution in [3.05, 3.63) is 6.54 Å². The molecule has 0 aromatic carbocycles. The summed E-state index contributed by atoms with van der Waals surface area (Å²) in [5.74, 6) is 0. The van der Waals surface area contributed by atoms with Crippen LogP contribution in [0.25, 0.3) is 0 Å². The van der Waals surface area contributed by atoms with Gasteiger partial charge in [-0.2, -0.15) is 0 Å². The predicted octanol–water partition coefficient (Wildman–Crippen LogP) is -1.10. The van der Waals surface area contributed by atoms with Crippen LogP contribution >= 0.6 is 0 Å². The van der Waals surface area contributed by atoms with Crippen LogP contribution < -0.4 is 4.72 Å². The van der Waals surface area contributed by atoms with Crippen molar-refractivity contribution in [2.75, 3.05) is 6.26 Å². The standard InChI is InChI=1S/C3H6NO3S/c1-8(6,7)4-2-3-5/h2-4H,1H3. The van der Waals surface area contributed by atoms with Crippen LogP contribution in [0.2, 0.25) is 0 Å². The van der Waals surface area contributed by atoms with Gasteiger partial charge in [-0.1, -0.05) is 0 Å². The third kappa shape index (κ3) is 5.58. The SMILES string of the molecule is CS(=O)(=O)N[CH]C=O. The second kappa shape index (κ2) is 2.78. The normalized spacial score (nSPS) is 11.1. The maximum Gasteiger partial charge on any atom is 0.209 e. The van der Waals surface area contributed by atoms with E-state index in [1.807, 2.05) is 4.72 Å². The Morgan fingerprint density at radius 2 is 2.00 bits per heavy atom. The monoisotopic (exact) mass is 136 g/mol. The Balaban J connectivity index is 3.57. The van der Waals surface area contributed by atoms with E-state index in [0.717, 1.165) is 12.8 Å². The van der Waals surface area contributed by atoms with Gasteiger partial charge in [-0.15, -0.1) is 0 Å². The molecule has 0 heterocycles. The molecule has 0 unspecified atom stereocenters. The van der Waals surface area contributed by atoms with Crippen LogP contribution in [0.3, 0.4) is 0 Å². The molecule has 0 bridgehead atoms. The van der Waals surface area contributed by atoms with Gasteiger partial charge in [-0.25, -0.2) is 13.1 Å². The van der Waals surface area contributed by atoms with E-state index in [1.165, 1.54) is 0 Å². The molecule has 0 aromatic rings. The van der Waals surface area contributed by atoms with Crippen molar-refractivity contribution in [3.8, 4) is 0 Å². The fourth-order valence-electron chi connectivity index (χ4n) is 0.151. The topological polar surface area (TPSA) is 63.2 Å². The first-order valence-electron chi connectivity index (χ1n) is 1.80. The van der Waals surface area contributed by atoms with E-state index < -0.39 is 10.0 Å². The molecule has 5 heteroatoms. The van der Waals surface area contributed by atoms with Gasteiger partial charge in [0.25, 0.3) is 0 Å². The molecule has 0 aliphatic carbocycles. The molecule has 0 aliphatic heterocycles. The molecule has 0 aliphatic rings. The van der Waals surface area contributed by atoms with E-state index in [2.05, 4.69) is 0 Å². The van der Waals surface area contributed by atoms with Crippen LogP contribution in [-0.4, -0.2) is 21.0 Å². The molecule has 0 saturated carbocycles. The number of hydrogen-bond acceptors (Lipinski definition) is 3. The van der Waals surface area contributed by atoms with E-state index in [4.69, 9.17) is 0 Å². The van der Waals surface area contributed by atoms with Gasteiger partial charge in [0, 0.05) is 0 Å². The summed E-state index contributed by atoms with van der Waals surface area (Å²) in [6.07, 6.45) is 1.33. The lowest BCUT2D eigenvalue weighted by atomic mass is 10.8.